The summed E-state index contributed by atoms with van der Waals surface area (Å²) >= 11 is 1.77. The summed E-state index contributed by atoms with van der Waals surface area (Å²) in [7, 11) is 1.87. The van der Waals surface area contributed by atoms with Gasteiger partial charge in [0.1, 0.15) is 5.69 Å². The van der Waals surface area contributed by atoms with Crippen molar-refractivity contribution in [1.82, 2.24) is 24.5 Å². The van der Waals surface area contributed by atoms with Gasteiger partial charge in [0, 0.05) is 26.0 Å². The first-order valence-corrected chi connectivity index (χ1v) is 8.15. The molecule has 0 atom stereocenters. The summed E-state index contributed by atoms with van der Waals surface area (Å²) in [6.45, 7) is 2.76. The second kappa shape index (κ2) is 7.26. The third-order valence-corrected chi connectivity index (χ3v) is 3.65. The molecule has 0 spiro atoms. The molecule has 0 saturated heterocycles. The minimum Gasteiger partial charge on any atom is -0.461 e. The van der Waals surface area contributed by atoms with E-state index < -0.39 is 5.97 Å². The highest BCUT2D eigenvalue weighted by Gasteiger charge is 2.24. The minimum absolute atomic E-state index is 0.218. The van der Waals surface area contributed by atoms with Crippen molar-refractivity contribution in [1.29, 1.82) is 0 Å². The van der Waals surface area contributed by atoms with Crippen molar-refractivity contribution >= 4 is 17.7 Å². The maximum Gasteiger partial charge on any atom is 0.361 e. The summed E-state index contributed by atoms with van der Waals surface area (Å²) in [4.78, 5) is 16.3. The fourth-order valence-electron chi connectivity index (χ4n) is 1.98. The number of imidazole rings is 1. The van der Waals surface area contributed by atoms with Crippen LogP contribution in [-0.4, -0.2) is 49.1 Å². The predicted molar refractivity (Wildman–Crippen MR) is 81.2 cm³/mol. The van der Waals surface area contributed by atoms with Crippen LogP contribution in [0.4, 0.5) is 0 Å². The van der Waals surface area contributed by atoms with E-state index in [9.17, 15) is 4.79 Å². The van der Waals surface area contributed by atoms with E-state index in [0.717, 1.165) is 12.2 Å². The van der Waals surface area contributed by atoms with E-state index in [4.69, 9.17) is 4.74 Å². The molecule has 2 aromatic rings. The van der Waals surface area contributed by atoms with Crippen LogP contribution in [0.1, 0.15) is 23.8 Å². The summed E-state index contributed by atoms with van der Waals surface area (Å²) < 4.78 is 8.62. The number of carbonyl (C=O) groups excluding carboxylic acids is 1. The van der Waals surface area contributed by atoms with Gasteiger partial charge in [0.05, 0.1) is 6.61 Å². The molecule has 0 aromatic carbocycles. The molecule has 0 fully saturated rings. The maximum absolute atomic E-state index is 12.0. The Hall–Kier alpha value is -1.83. The Labute approximate surface area is 127 Å². The van der Waals surface area contributed by atoms with Gasteiger partial charge in [-0.2, -0.15) is 11.8 Å². The van der Waals surface area contributed by atoms with Crippen molar-refractivity contribution in [2.75, 3.05) is 18.6 Å². The Bertz CT molecular complexity index is 607. The molecule has 0 aliphatic carbocycles. The molecule has 0 amide bonds. The fourth-order valence-corrected chi connectivity index (χ4v) is 2.40. The largest absolute Gasteiger partial charge is 0.461 e. The van der Waals surface area contributed by atoms with Crippen LogP contribution in [0.15, 0.2) is 12.4 Å². The second-order valence-corrected chi connectivity index (χ2v) is 5.42. The average Bonchev–Trinajstić information content (AvgIpc) is 3.05. The van der Waals surface area contributed by atoms with E-state index >= 15 is 0 Å². The van der Waals surface area contributed by atoms with E-state index in [2.05, 4.69) is 21.6 Å². The van der Waals surface area contributed by atoms with E-state index in [1.807, 2.05) is 17.8 Å². The van der Waals surface area contributed by atoms with E-state index in [1.54, 1.807) is 29.6 Å². The van der Waals surface area contributed by atoms with Gasteiger partial charge in [-0.1, -0.05) is 5.21 Å². The van der Waals surface area contributed by atoms with Gasteiger partial charge in [0.2, 0.25) is 5.69 Å². The zero-order valence-electron chi connectivity index (χ0n) is 12.4. The van der Waals surface area contributed by atoms with Crippen LogP contribution in [0, 0.1) is 0 Å². The lowest BCUT2D eigenvalue weighted by Gasteiger charge is -2.07. The third kappa shape index (κ3) is 3.44. The quantitative estimate of drug-likeness (QED) is 0.571. The van der Waals surface area contributed by atoms with Crippen LogP contribution in [0.25, 0.3) is 11.5 Å². The van der Waals surface area contributed by atoms with Crippen molar-refractivity contribution in [3.63, 3.8) is 0 Å². The smallest absolute Gasteiger partial charge is 0.361 e. The number of aromatic nitrogens is 5. The van der Waals surface area contributed by atoms with Crippen molar-refractivity contribution in [3.05, 3.63) is 18.1 Å². The molecule has 0 N–H and O–H groups in total. The van der Waals surface area contributed by atoms with Crippen LogP contribution in [-0.2, 0) is 18.3 Å². The lowest BCUT2D eigenvalue weighted by molar-refractivity contribution is 0.0520. The Kier molecular flexibility index (Phi) is 5.38. The molecule has 7 nitrogen and oxygen atoms in total. The van der Waals surface area contributed by atoms with Gasteiger partial charge in [-0.05, 0) is 25.4 Å². The van der Waals surface area contributed by atoms with Gasteiger partial charge >= 0.3 is 5.97 Å². The number of nitrogens with zero attached hydrogens (tertiary/aromatic N) is 5. The fraction of sp³-hybridized carbons (Fsp3) is 0.538. The molecule has 2 heterocycles. The standard InChI is InChI=1S/C13H19N5O2S/c1-4-20-13(19)10-11(12-14-6-8-17(12)2)18(16-15-10)7-5-9-21-3/h6,8H,4-5,7,9H2,1-3H3. The first-order valence-electron chi connectivity index (χ1n) is 6.76. The monoisotopic (exact) mass is 309 g/mol. The number of thioether (sulfide) groups is 1. The molecule has 114 valence electrons. The number of rotatable bonds is 7. The molecular weight excluding hydrogens is 290 g/mol. The van der Waals surface area contributed by atoms with Gasteiger partial charge in [0.15, 0.2) is 5.82 Å². The van der Waals surface area contributed by atoms with Gasteiger partial charge in [-0.15, -0.1) is 5.10 Å². The van der Waals surface area contributed by atoms with Crippen molar-refractivity contribution in [3.8, 4) is 11.5 Å². The zero-order valence-corrected chi connectivity index (χ0v) is 13.3. The molecule has 2 rings (SSSR count). The molecule has 0 saturated carbocycles. The van der Waals surface area contributed by atoms with Crippen LogP contribution in [0.5, 0.6) is 0 Å². The third-order valence-electron chi connectivity index (χ3n) is 2.96. The van der Waals surface area contributed by atoms with E-state index in [1.165, 1.54) is 0 Å². The van der Waals surface area contributed by atoms with E-state index in [-0.39, 0.29) is 5.69 Å². The molecule has 2 aromatic heterocycles. The highest BCUT2D eigenvalue weighted by atomic mass is 32.2. The van der Waals surface area contributed by atoms with Gasteiger partial charge in [-0.25, -0.2) is 14.5 Å². The Morgan fingerprint density at radius 1 is 1.48 bits per heavy atom. The SMILES string of the molecule is CCOC(=O)c1nnn(CCCSC)c1-c1nccn1C. The highest BCUT2D eigenvalue weighted by Crippen LogP contribution is 2.21. The number of esters is 1. The Balaban J connectivity index is 2.38. The van der Waals surface area contributed by atoms with Crippen molar-refractivity contribution in [2.24, 2.45) is 7.05 Å². The Morgan fingerprint density at radius 3 is 2.90 bits per heavy atom. The molecule has 21 heavy (non-hydrogen) atoms. The maximum atomic E-state index is 12.0. The van der Waals surface area contributed by atoms with Crippen LogP contribution in [0.3, 0.4) is 0 Å². The van der Waals surface area contributed by atoms with Crippen molar-refractivity contribution < 1.29 is 9.53 Å². The minimum atomic E-state index is -0.466. The lowest BCUT2D eigenvalue weighted by atomic mass is 10.3. The van der Waals surface area contributed by atoms with Gasteiger partial charge < -0.3 is 9.30 Å². The van der Waals surface area contributed by atoms with Crippen molar-refractivity contribution in [2.45, 2.75) is 19.9 Å². The summed E-state index contributed by atoms with van der Waals surface area (Å²) in [5.74, 6) is 1.22. The molecule has 0 radical (unpaired) electrons. The molecule has 0 unspecified atom stereocenters. The molecule has 8 heteroatoms. The predicted octanol–water partition coefficient (Wildman–Crippen LogP) is 1.61. The topological polar surface area (TPSA) is 74.8 Å². The number of carbonyl (C=O) groups is 1. The molecule has 0 aliphatic heterocycles. The summed E-state index contributed by atoms with van der Waals surface area (Å²) in [6.07, 6.45) is 6.52. The highest BCUT2D eigenvalue weighted by molar-refractivity contribution is 7.98. The van der Waals surface area contributed by atoms with Crippen LogP contribution >= 0.6 is 11.8 Å². The van der Waals surface area contributed by atoms with E-state index in [0.29, 0.717) is 24.7 Å². The zero-order chi connectivity index (χ0) is 15.2. The summed E-state index contributed by atoms with van der Waals surface area (Å²) in [6, 6.07) is 0. The number of ether oxygens (including phenoxy) is 1. The van der Waals surface area contributed by atoms with Gasteiger partial charge in [-0.3, -0.25) is 0 Å². The molecular formula is C13H19N5O2S. The number of hydrogen-bond donors (Lipinski definition) is 0. The average molecular weight is 309 g/mol. The second-order valence-electron chi connectivity index (χ2n) is 4.44. The van der Waals surface area contributed by atoms with Crippen LogP contribution < -0.4 is 0 Å². The first kappa shape index (κ1) is 15.6. The van der Waals surface area contributed by atoms with Crippen LogP contribution in [0.2, 0.25) is 0 Å². The Morgan fingerprint density at radius 2 is 2.29 bits per heavy atom. The number of aryl methyl sites for hydroxylation is 2. The summed E-state index contributed by atoms with van der Waals surface area (Å²) in [5.41, 5.74) is 0.831. The molecule has 0 bridgehead atoms. The lowest BCUT2D eigenvalue weighted by Crippen LogP contribution is -2.11. The molecule has 0 aliphatic rings. The summed E-state index contributed by atoms with van der Waals surface area (Å²) in [5, 5.41) is 8.08. The first-order chi connectivity index (χ1) is 10.2. The number of hydrogen-bond acceptors (Lipinski definition) is 6. The van der Waals surface area contributed by atoms with Gasteiger partial charge in [0.25, 0.3) is 0 Å². The normalized spacial score (nSPS) is 10.8.